The third-order valence-electron chi connectivity index (χ3n) is 12.2. The van der Waals surface area contributed by atoms with Crippen LogP contribution in [0.15, 0.2) is 72.9 Å². The van der Waals surface area contributed by atoms with Crippen molar-refractivity contribution in [3.63, 3.8) is 0 Å². The van der Waals surface area contributed by atoms with E-state index in [4.69, 9.17) is 14.2 Å². The van der Waals surface area contributed by atoms with Crippen LogP contribution in [0.2, 0.25) is 0 Å². The highest BCUT2D eigenvalue weighted by atomic mass is 16.6. The van der Waals surface area contributed by atoms with Crippen LogP contribution in [0.5, 0.6) is 0 Å². The summed E-state index contributed by atoms with van der Waals surface area (Å²) in [6.45, 7) is 6.55. The molecular weight excluding hydrogens is 829 g/mol. The molecule has 0 aromatic heterocycles. The summed E-state index contributed by atoms with van der Waals surface area (Å²) in [5, 5.41) is 0. The van der Waals surface area contributed by atoms with Crippen molar-refractivity contribution in [3.8, 4) is 0 Å². The molecule has 0 aliphatic heterocycles. The van der Waals surface area contributed by atoms with E-state index < -0.39 is 6.10 Å². The molecule has 0 heterocycles. The lowest BCUT2D eigenvalue weighted by Crippen LogP contribution is -2.30. The van der Waals surface area contributed by atoms with Crippen LogP contribution in [0.4, 0.5) is 0 Å². The molecule has 0 bridgehead atoms. The average Bonchev–Trinajstić information content (AvgIpc) is 3.33. The number of carbonyl (C=O) groups is 3. The first-order valence-electron chi connectivity index (χ1n) is 28.4. The second-order valence-corrected chi connectivity index (χ2v) is 18.8. The molecule has 0 rings (SSSR count). The standard InChI is InChI=1S/C61H106O6/c1-4-7-10-13-16-19-22-25-28-30-33-35-38-41-44-47-50-53-59(62)65-56-58(67-61(64)55-52-49-46-43-40-37-32-27-24-21-18-15-12-9-6-3)57-66-60(63)54-51-48-45-42-39-36-34-31-29-26-23-20-17-14-11-8-5-2/h16-21,25-29,32,58H,4-15,22-24,30-31,33-57H2,1-3H3/b19-16-,20-17-,21-18-,28-25-,29-26-,32-27-. The summed E-state index contributed by atoms with van der Waals surface area (Å²) in [6, 6.07) is 0. The molecule has 6 nitrogen and oxygen atoms in total. The molecule has 386 valence electrons. The predicted molar refractivity (Wildman–Crippen MR) is 288 cm³/mol. The minimum atomic E-state index is -0.790. The second-order valence-electron chi connectivity index (χ2n) is 18.8. The van der Waals surface area contributed by atoms with Crippen LogP contribution in [0, 0.1) is 0 Å². The van der Waals surface area contributed by atoms with Gasteiger partial charge in [-0.3, -0.25) is 14.4 Å². The van der Waals surface area contributed by atoms with Crippen LogP contribution in [-0.4, -0.2) is 37.2 Å². The van der Waals surface area contributed by atoms with E-state index in [1.54, 1.807) is 0 Å². The lowest BCUT2D eigenvalue weighted by Gasteiger charge is -2.18. The zero-order valence-corrected chi connectivity index (χ0v) is 44.2. The molecule has 0 amide bonds. The zero-order chi connectivity index (χ0) is 48.6. The summed E-state index contributed by atoms with van der Waals surface area (Å²) in [5.41, 5.74) is 0. The van der Waals surface area contributed by atoms with Gasteiger partial charge in [-0.05, 0) is 116 Å². The molecule has 0 radical (unpaired) electrons. The summed E-state index contributed by atoms with van der Waals surface area (Å²) in [4.78, 5) is 38.1. The van der Waals surface area contributed by atoms with E-state index in [9.17, 15) is 14.4 Å². The minimum absolute atomic E-state index is 0.0876. The Kier molecular flexibility index (Phi) is 52.8. The molecule has 0 aromatic rings. The number of hydrogen-bond acceptors (Lipinski definition) is 6. The van der Waals surface area contributed by atoms with Crippen molar-refractivity contribution in [1.29, 1.82) is 0 Å². The zero-order valence-electron chi connectivity index (χ0n) is 44.2. The largest absolute Gasteiger partial charge is 0.462 e. The number of allylic oxidation sites excluding steroid dienone is 12. The van der Waals surface area contributed by atoms with Gasteiger partial charge in [0.1, 0.15) is 13.2 Å². The van der Waals surface area contributed by atoms with E-state index in [2.05, 4.69) is 93.7 Å². The Morgan fingerprint density at radius 2 is 0.537 bits per heavy atom. The van der Waals surface area contributed by atoms with Crippen molar-refractivity contribution >= 4 is 17.9 Å². The molecule has 0 aromatic carbocycles. The molecule has 6 heteroatoms. The van der Waals surface area contributed by atoms with Gasteiger partial charge in [0.25, 0.3) is 0 Å². The van der Waals surface area contributed by atoms with E-state index in [1.165, 1.54) is 128 Å². The summed E-state index contributed by atoms with van der Waals surface area (Å²) in [7, 11) is 0. The van der Waals surface area contributed by atoms with Crippen LogP contribution in [-0.2, 0) is 28.6 Å². The van der Waals surface area contributed by atoms with Gasteiger partial charge in [-0.15, -0.1) is 0 Å². The van der Waals surface area contributed by atoms with E-state index in [0.717, 1.165) is 109 Å². The Morgan fingerprint density at radius 1 is 0.299 bits per heavy atom. The van der Waals surface area contributed by atoms with Gasteiger partial charge in [0, 0.05) is 19.3 Å². The molecule has 0 atom stereocenters. The van der Waals surface area contributed by atoms with Crippen molar-refractivity contribution < 1.29 is 28.6 Å². The number of rotatable bonds is 51. The van der Waals surface area contributed by atoms with Crippen LogP contribution >= 0.6 is 0 Å². The smallest absolute Gasteiger partial charge is 0.306 e. The summed E-state index contributed by atoms with van der Waals surface area (Å²) in [6.07, 6.45) is 70.2. The molecule has 0 saturated carbocycles. The van der Waals surface area contributed by atoms with E-state index in [-0.39, 0.29) is 31.1 Å². The van der Waals surface area contributed by atoms with Gasteiger partial charge in [-0.25, -0.2) is 0 Å². The Hall–Kier alpha value is -3.15. The lowest BCUT2D eigenvalue weighted by atomic mass is 10.1. The summed E-state index contributed by atoms with van der Waals surface area (Å²) >= 11 is 0. The van der Waals surface area contributed by atoms with Crippen molar-refractivity contribution in [2.45, 2.75) is 284 Å². The van der Waals surface area contributed by atoms with Crippen molar-refractivity contribution in [2.24, 2.45) is 0 Å². The van der Waals surface area contributed by atoms with Gasteiger partial charge in [-0.2, -0.15) is 0 Å². The Morgan fingerprint density at radius 3 is 0.821 bits per heavy atom. The first kappa shape index (κ1) is 63.8. The summed E-state index contributed by atoms with van der Waals surface area (Å²) < 4.78 is 16.8. The van der Waals surface area contributed by atoms with Gasteiger partial charge in [0.15, 0.2) is 6.10 Å². The highest BCUT2D eigenvalue weighted by Gasteiger charge is 2.19. The molecule has 0 fully saturated rings. The number of carbonyl (C=O) groups excluding carboxylic acids is 3. The van der Waals surface area contributed by atoms with Gasteiger partial charge in [0.2, 0.25) is 0 Å². The Bertz CT molecular complexity index is 1190. The molecule has 67 heavy (non-hydrogen) atoms. The molecule has 0 N–H and O–H groups in total. The first-order valence-corrected chi connectivity index (χ1v) is 28.4. The molecule has 0 unspecified atom stereocenters. The first-order chi connectivity index (χ1) is 33.0. The van der Waals surface area contributed by atoms with Crippen molar-refractivity contribution in [1.82, 2.24) is 0 Å². The van der Waals surface area contributed by atoms with Crippen LogP contribution in [0.25, 0.3) is 0 Å². The predicted octanol–water partition coefficient (Wildman–Crippen LogP) is 19.0. The van der Waals surface area contributed by atoms with Gasteiger partial charge < -0.3 is 14.2 Å². The highest BCUT2D eigenvalue weighted by molar-refractivity contribution is 5.71. The lowest BCUT2D eigenvalue weighted by molar-refractivity contribution is -0.167. The Balaban J connectivity index is 4.42. The molecule has 0 spiro atoms. The normalized spacial score (nSPS) is 12.2. The number of unbranched alkanes of at least 4 members (excludes halogenated alkanes) is 28. The SMILES string of the molecule is CCCCC/C=C\C/C=C\CCCCCCCCCC(=O)OCC(COC(=O)CCCCCCCCC/C=C\C/C=C\CCCCC)OC(=O)CCCCCCC/C=C\C/C=C\CCCCC. The monoisotopic (exact) mass is 935 g/mol. The van der Waals surface area contributed by atoms with E-state index in [0.29, 0.717) is 19.3 Å². The third kappa shape index (κ3) is 53.7. The molecule has 0 aliphatic carbocycles. The average molecular weight is 936 g/mol. The Labute approximate surface area is 414 Å². The fourth-order valence-corrected chi connectivity index (χ4v) is 7.83. The number of esters is 3. The van der Waals surface area contributed by atoms with E-state index in [1.807, 2.05) is 0 Å². The fraction of sp³-hybridized carbons (Fsp3) is 0.754. The number of ether oxygens (including phenoxy) is 3. The second kappa shape index (κ2) is 55.4. The topological polar surface area (TPSA) is 78.9 Å². The van der Waals surface area contributed by atoms with Gasteiger partial charge in [-0.1, -0.05) is 216 Å². The van der Waals surface area contributed by atoms with Crippen LogP contribution in [0.1, 0.15) is 278 Å². The van der Waals surface area contributed by atoms with Crippen molar-refractivity contribution in [2.75, 3.05) is 13.2 Å². The molecule has 0 aliphatic rings. The molecule has 0 saturated heterocycles. The maximum Gasteiger partial charge on any atom is 0.306 e. The van der Waals surface area contributed by atoms with Crippen LogP contribution in [0.3, 0.4) is 0 Å². The number of hydrogen-bond donors (Lipinski definition) is 0. The maximum atomic E-state index is 12.8. The van der Waals surface area contributed by atoms with Gasteiger partial charge in [0.05, 0.1) is 0 Å². The van der Waals surface area contributed by atoms with E-state index >= 15 is 0 Å². The third-order valence-corrected chi connectivity index (χ3v) is 12.2. The van der Waals surface area contributed by atoms with Crippen molar-refractivity contribution in [3.05, 3.63) is 72.9 Å². The fourth-order valence-electron chi connectivity index (χ4n) is 7.83. The molecular formula is C61H106O6. The van der Waals surface area contributed by atoms with Crippen LogP contribution < -0.4 is 0 Å². The quantitative estimate of drug-likeness (QED) is 0.0262. The highest BCUT2D eigenvalue weighted by Crippen LogP contribution is 2.14. The summed E-state index contributed by atoms with van der Waals surface area (Å²) in [5.74, 6) is -0.910. The minimum Gasteiger partial charge on any atom is -0.462 e. The van der Waals surface area contributed by atoms with Gasteiger partial charge >= 0.3 is 17.9 Å². The maximum absolute atomic E-state index is 12.8.